The Labute approximate surface area is 133 Å². The molecular formula is C15H21N5O3. The van der Waals surface area contributed by atoms with Crippen molar-refractivity contribution in [3.05, 3.63) is 23.3 Å². The molecule has 2 aromatic heterocycles. The van der Waals surface area contributed by atoms with E-state index in [1.54, 1.807) is 6.92 Å². The summed E-state index contributed by atoms with van der Waals surface area (Å²) in [6, 6.07) is 1.84. The van der Waals surface area contributed by atoms with Crippen LogP contribution in [0, 0.1) is 19.8 Å². The second kappa shape index (κ2) is 5.94. The molecule has 124 valence electrons. The zero-order chi connectivity index (χ0) is 17.4. The fraction of sp³-hybridized carbons (Fsp3) is 0.533. The van der Waals surface area contributed by atoms with Crippen molar-refractivity contribution in [2.45, 2.75) is 46.6 Å². The molecule has 1 amide bonds. The van der Waals surface area contributed by atoms with Crippen LogP contribution in [0.1, 0.15) is 49.2 Å². The Morgan fingerprint density at radius 3 is 2.57 bits per heavy atom. The van der Waals surface area contributed by atoms with E-state index in [1.165, 1.54) is 4.52 Å². The molecule has 0 aliphatic rings. The van der Waals surface area contributed by atoms with E-state index in [0.29, 0.717) is 5.78 Å². The number of carbonyl (C=O) groups is 2. The summed E-state index contributed by atoms with van der Waals surface area (Å²) in [5.41, 5.74) is 0.710. The Kier molecular flexibility index (Phi) is 4.35. The lowest BCUT2D eigenvalue weighted by Gasteiger charge is -2.32. The van der Waals surface area contributed by atoms with Crippen molar-refractivity contribution in [3.8, 4) is 0 Å². The van der Waals surface area contributed by atoms with Crippen LogP contribution in [0.4, 0.5) is 0 Å². The van der Waals surface area contributed by atoms with Crippen molar-refractivity contribution >= 4 is 17.7 Å². The molecule has 1 unspecified atom stereocenters. The molecule has 0 radical (unpaired) electrons. The molecule has 0 aromatic carbocycles. The number of hydrogen-bond acceptors (Lipinski definition) is 5. The van der Waals surface area contributed by atoms with Gasteiger partial charge in [-0.2, -0.15) is 4.98 Å². The summed E-state index contributed by atoms with van der Waals surface area (Å²) >= 11 is 0. The number of aliphatic carboxylic acids is 1. The predicted octanol–water partition coefficient (Wildman–Crippen LogP) is 1.36. The third kappa shape index (κ3) is 3.46. The third-order valence-electron chi connectivity index (χ3n) is 4.01. The summed E-state index contributed by atoms with van der Waals surface area (Å²) in [5.74, 6) is -1.23. The van der Waals surface area contributed by atoms with E-state index in [1.807, 2.05) is 33.8 Å². The molecule has 0 fully saturated rings. The molecule has 2 N–H and O–H groups in total. The summed E-state index contributed by atoms with van der Waals surface area (Å²) in [4.78, 5) is 31.9. The quantitative estimate of drug-likeness (QED) is 0.861. The van der Waals surface area contributed by atoms with Gasteiger partial charge in [0.05, 0.1) is 12.0 Å². The van der Waals surface area contributed by atoms with Crippen LogP contribution in [0.25, 0.3) is 5.78 Å². The van der Waals surface area contributed by atoms with Gasteiger partial charge >= 0.3 is 5.97 Å². The number of carboxylic acids is 1. The first kappa shape index (κ1) is 16.9. The van der Waals surface area contributed by atoms with E-state index >= 15 is 0 Å². The summed E-state index contributed by atoms with van der Waals surface area (Å²) < 4.78 is 1.49. The fourth-order valence-corrected chi connectivity index (χ4v) is 2.28. The highest BCUT2D eigenvalue weighted by Crippen LogP contribution is 2.21. The van der Waals surface area contributed by atoms with Gasteiger partial charge in [0.25, 0.3) is 11.7 Å². The predicted molar refractivity (Wildman–Crippen MR) is 83.2 cm³/mol. The summed E-state index contributed by atoms with van der Waals surface area (Å²) in [7, 11) is 0. The molecule has 0 aliphatic heterocycles. The van der Waals surface area contributed by atoms with Crippen molar-refractivity contribution in [2.24, 2.45) is 5.92 Å². The molecule has 0 aliphatic carbocycles. The van der Waals surface area contributed by atoms with Crippen LogP contribution in [0.15, 0.2) is 6.07 Å². The molecule has 0 saturated heterocycles. The SMILES string of the molecule is Cc1cc(C)n2nc(C(=O)NC(C)(CC(=O)O)C(C)C)nc2n1. The van der Waals surface area contributed by atoms with E-state index in [2.05, 4.69) is 20.4 Å². The summed E-state index contributed by atoms with van der Waals surface area (Å²) in [6.45, 7) is 9.10. The molecule has 8 heteroatoms. The largest absolute Gasteiger partial charge is 0.481 e. The highest BCUT2D eigenvalue weighted by atomic mass is 16.4. The van der Waals surface area contributed by atoms with E-state index in [-0.39, 0.29) is 18.2 Å². The van der Waals surface area contributed by atoms with Crippen LogP contribution in [-0.4, -0.2) is 42.1 Å². The molecule has 2 heterocycles. The number of fused-ring (bicyclic) bond motifs is 1. The van der Waals surface area contributed by atoms with Gasteiger partial charge in [-0.05, 0) is 32.8 Å². The van der Waals surface area contributed by atoms with E-state index in [9.17, 15) is 9.59 Å². The Bertz CT molecular complexity index is 768. The van der Waals surface area contributed by atoms with Gasteiger partial charge < -0.3 is 10.4 Å². The molecule has 2 aromatic rings. The first-order chi connectivity index (χ1) is 10.6. The van der Waals surface area contributed by atoms with Gasteiger partial charge in [0, 0.05) is 11.4 Å². The lowest BCUT2D eigenvalue weighted by atomic mass is 9.85. The Balaban J connectivity index is 2.33. The summed E-state index contributed by atoms with van der Waals surface area (Å²) in [6.07, 6.45) is -0.180. The average Bonchev–Trinajstić information content (AvgIpc) is 2.81. The minimum atomic E-state index is -0.974. The molecule has 0 bridgehead atoms. The van der Waals surface area contributed by atoms with Crippen molar-refractivity contribution < 1.29 is 14.7 Å². The Morgan fingerprint density at radius 1 is 1.35 bits per heavy atom. The monoisotopic (exact) mass is 319 g/mol. The van der Waals surface area contributed by atoms with Crippen molar-refractivity contribution in [2.75, 3.05) is 0 Å². The number of carboxylic acid groups (broad SMARTS) is 1. The Hall–Kier alpha value is -2.51. The van der Waals surface area contributed by atoms with Gasteiger partial charge in [0.1, 0.15) is 0 Å². The topological polar surface area (TPSA) is 109 Å². The zero-order valence-electron chi connectivity index (χ0n) is 13.9. The molecule has 1 atom stereocenters. The number of nitrogens with zero attached hydrogens (tertiary/aromatic N) is 4. The minimum absolute atomic E-state index is 0.0246. The van der Waals surface area contributed by atoms with Gasteiger partial charge in [-0.25, -0.2) is 9.50 Å². The molecule has 8 nitrogen and oxygen atoms in total. The van der Waals surface area contributed by atoms with Crippen LogP contribution >= 0.6 is 0 Å². The first-order valence-corrected chi connectivity index (χ1v) is 7.37. The van der Waals surface area contributed by atoms with Gasteiger partial charge in [0.15, 0.2) is 0 Å². The number of carbonyl (C=O) groups excluding carboxylic acids is 1. The number of aromatic nitrogens is 4. The lowest BCUT2D eigenvalue weighted by molar-refractivity contribution is -0.138. The van der Waals surface area contributed by atoms with E-state index < -0.39 is 17.4 Å². The zero-order valence-corrected chi connectivity index (χ0v) is 13.9. The van der Waals surface area contributed by atoms with Gasteiger partial charge in [-0.1, -0.05) is 13.8 Å². The lowest BCUT2D eigenvalue weighted by Crippen LogP contribution is -2.51. The van der Waals surface area contributed by atoms with Crippen LogP contribution < -0.4 is 5.32 Å². The first-order valence-electron chi connectivity index (χ1n) is 7.37. The maximum atomic E-state index is 12.4. The fourth-order valence-electron chi connectivity index (χ4n) is 2.28. The number of amides is 1. The van der Waals surface area contributed by atoms with Gasteiger partial charge in [0.2, 0.25) is 5.82 Å². The summed E-state index contributed by atoms with van der Waals surface area (Å²) in [5, 5.41) is 16.0. The second-order valence-corrected chi connectivity index (χ2v) is 6.28. The minimum Gasteiger partial charge on any atom is -0.481 e. The molecule has 23 heavy (non-hydrogen) atoms. The van der Waals surface area contributed by atoms with Crippen molar-refractivity contribution in [1.29, 1.82) is 0 Å². The smallest absolute Gasteiger partial charge is 0.305 e. The molecule has 0 spiro atoms. The van der Waals surface area contributed by atoms with E-state index in [0.717, 1.165) is 11.4 Å². The molecular weight excluding hydrogens is 298 g/mol. The van der Waals surface area contributed by atoms with E-state index in [4.69, 9.17) is 5.11 Å². The maximum absolute atomic E-state index is 12.4. The van der Waals surface area contributed by atoms with Crippen molar-refractivity contribution in [3.63, 3.8) is 0 Å². The van der Waals surface area contributed by atoms with Crippen LogP contribution in [0.3, 0.4) is 0 Å². The molecule has 2 rings (SSSR count). The molecule has 0 saturated carbocycles. The average molecular weight is 319 g/mol. The van der Waals surface area contributed by atoms with Gasteiger partial charge in [-0.3, -0.25) is 9.59 Å². The number of nitrogens with one attached hydrogen (secondary N) is 1. The van der Waals surface area contributed by atoms with Crippen LogP contribution in [-0.2, 0) is 4.79 Å². The number of hydrogen-bond donors (Lipinski definition) is 2. The standard InChI is InChI=1S/C15H21N5O3/c1-8(2)15(5,7-11(21)22)18-13(23)12-17-14-16-9(3)6-10(4)20(14)19-12/h6,8H,7H2,1-5H3,(H,18,23)(H,21,22). The third-order valence-corrected chi connectivity index (χ3v) is 4.01. The normalized spacial score (nSPS) is 14.0. The highest BCUT2D eigenvalue weighted by molar-refractivity contribution is 5.91. The van der Waals surface area contributed by atoms with Crippen molar-refractivity contribution in [1.82, 2.24) is 24.9 Å². The number of rotatable bonds is 5. The number of aryl methyl sites for hydroxylation is 2. The van der Waals surface area contributed by atoms with Crippen LogP contribution in [0.5, 0.6) is 0 Å². The Morgan fingerprint density at radius 2 is 2.00 bits per heavy atom. The highest BCUT2D eigenvalue weighted by Gasteiger charge is 2.34. The second-order valence-electron chi connectivity index (χ2n) is 6.28. The van der Waals surface area contributed by atoms with Gasteiger partial charge in [-0.15, -0.1) is 5.10 Å². The maximum Gasteiger partial charge on any atom is 0.305 e. The van der Waals surface area contributed by atoms with Crippen LogP contribution in [0.2, 0.25) is 0 Å².